The van der Waals surface area contributed by atoms with E-state index in [2.05, 4.69) is 4.72 Å². The Morgan fingerprint density at radius 2 is 1.89 bits per heavy atom. The lowest BCUT2D eigenvalue weighted by Gasteiger charge is -2.20. The van der Waals surface area contributed by atoms with Crippen molar-refractivity contribution in [3.8, 4) is 0 Å². The molecule has 0 aliphatic heterocycles. The van der Waals surface area contributed by atoms with Gasteiger partial charge in [0, 0.05) is 17.5 Å². The van der Waals surface area contributed by atoms with Crippen molar-refractivity contribution >= 4 is 15.8 Å². The van der Waals surface area contributed by atoms with E-state index in [1.54, 1.807) is 27.7 Å². The maximum atomic E-state index is 13.7. The molecule has 0 fully saturated rings. The predicted octanol–water partition coefficient (Wildman–Crippen LogP) is 2.50. The fourth-order valence-corrected chi connectivity index (χ4v) is 3.07. The molecule has 106 valence electrons. The SMILES string of the molecule is CCC(=O)c1ccc(F)c(S(=O)(=O)NC(C)(C)C)c1. The van der Waals surface area contributed by atoms with Crippen LogP contribution in [0.3, 0.4) is 0 Å². The van der Waals surface area contributed by atoms with Gasteiger partial charge in [0.05, 0.1) is 0 Å². The van der Waals surface area contributed by atoms with Crippen LogP contribution in [-0.4, -0.2) is 19.7 Å². The largest absolute Gasteiger partial charge is 0.294 e. The van der Waals surface area contributed by atoms with Gasteiger partial charge in [-0.25, -0.2) is 17.5 Å². The molecule has 0 aliphatic carbocycles. The smallest absolute Gasteiger partial charge is 0.243 e. The number of carbonyl (C=O) groups excluding carboxylic acids is 1. The number of Topliss-reactive ketones (excluding diaryl/α,β-unsaturated/α-hetero) is 1. The Morgan fingerprint density at radius 1 is 1.32 bits per heavy atom. The molecule has 1 rings (SSSR count). The zero-order chi connectivity index (χ0) is 14.8. The van der Waals surface area contributed by atoms with Crippen LogP contribution in [0.5, 0.6) is 0 Å². The summed E-state index contributed by atoms with van der Waals surface area (Å²) in [5, 5.41) is 0. The number of hydrogen-bond donors (Lipinski definition) is 1. The zero-order valence-electron chi connectivity index (χ0n) is 11.5. The first-order valence-corrected chi connectivity index (χ1v) is 7.42. The fourth-order valence-electron chi connectivity index (χ4n) is 1.54. The number of nitrogens with one attached hydrogen (secondary N) is 1. The van der Waals surface area contributed by atoms with Gasteiger partial charge >= 0.3 is 0 Å². The summed E-state index contributed by atoms with van der Waals surface area (Å²) in [6.07, 6.45) is 0.234. The Balaban J connectivity index is 3.30. The summed E-state index contributed by atoms with van der Waals surface area (Å²) in [6, 6.07) is 3.37. The normalized spacial score (nSPS) is 12.5. The van der Waals surface area contributed by atoms with Gasteiger partial charge in [-0.15, -0.1) is 0 Å². The molecule has 0 radical (unpaired) electrons. The Kier molecular flexibility index (Phi) is 4.47. The summed E-state index contributed by atoms with van der Waals surface area (Å²) in [5.74, 6) is -1.10. The zero-order valence-corrected chi connectivity index (χ0v) is 12.3. The maximum Gasteiger partial charge on any atom is 0.243 e. The molecule has 0 saturated heterocycles. The molecule has 0 atom stereocenters. The van der Waals surface area contributed by atoms with Crippen molar-refractivity contribution in [1.29, 1.82) is 0 Å². The number of halogens is 1. The van der Waals surface area contributed by atoms with E-state index in [9.17, 15) is 17.6 Å². The highest BCUT2D eigenvalue weighted by Gasteiger charge is 2.25. The number of sulfonamides is 1. The molecule has 0 bridgehead atoms. The van der Waals surface area contributed by atoms with Crippen LogP contribution in [0, 0.1) is 5.82 Å². The maximum absolute atomic E-state index is 13.7. The summed E-state index contributed by atoms with van der Waals surface area (Å²) in [4.78, 5) is 11.1. The van der Waals surface area contributed by atoms with Crippen molar-refractivity contribution in [2.75, 3.05) is 0 Å². The lowest BCUT2D eigenvalue weighted by Crippen LogP contribution is -2.40. The highest BCUT2D eigenvalue weighted by atomic mass is 32.2. The summed E-state index contributed by atoms with van der Waals surface area (Å²) in [6.45, 7) is 6.63. The minimum absolute atomic E-state index is 0.193. The van der Waals surface area contributed by atoms with Crippen LogP contribution < -0.4 is 4.72 Å². The van der Waals surface area contributed by atoms with E-state index < -0.39 is 26.3 Å². The molecule has 6 heteroatoms. The first kappa shape index (κ1) is 15.8. The minimum Gasteiger partial charge on any atom is -0.294 e. The molecule has 0 aromatic heterocycles. The van der Waals surface area contributed by atoms with Crippen molar-refractivity contribution in [3.63, 3.8) is 0 Å². The molecule has 1 N–H and O–H groups in total. The third-order valence-corrected chi connectivity index (χ3v) is 4.08. The van der Waals surface area contributed by atoms with E-state index in [4.69, 9.17) is 0 Å². The molecule has 0 saturated carbocycles. The monoisotopic (exact) mass is 287 g/mol. The van der Waals surface area contributed by atoms with Crippen molar-refractivity contribution in [3.05, 3.63) is 29.6 Å². The second kappa shape index (κ2) is 5.38. The average Bonchev–Trinajstić information content (AvgIpc) is 2.25. The molecule has 0 amide bonds. The van der Waals surface area contributed by atoms with Crippen LogP contribution in [0.2, 0.25) is 0 Å². The van der Waals surface area contributed by atoms with Gasteiger partial charge in [0.15, 0.2) is 5.78 Å². The topological polar surface area (TPSA) is 63.2 Å². The summed E-state index contributed by atoms with van der Waals surface area (Å²) in [5.41, 5.74) is -0.533. The second-order valence-electron chi connectivity index (χ2n) is 5.28. The predicted molar refractivity (Wildman–Crippen MR) is 71.1 cm³/mol. The third kappa shape index (κ3) is 4.11. The van der Waals surface area contributed by atoms with Crippen LogP contribution in [0.1, 0.15) is 44.5 Å². The van der Waals surface area contributed by atoms with Crippen molar-refractivity contribution in [2.45, 2.75) is 44.6 Å². The number of hydrogen-bond acceptors (Lipinski definition) is 3. The summed E-state index contributed by atoms with van der Waals surface area (Å²) < 4.78 is 40.2. The van der Waals surface area contributed by atoms with Crippen molar-refractivity contribution in [2.24, 2.45) is 0 Å². The van der Waals surface area contributed by atoms with Crippen LogP contribution in [0.4, 0.5) is 4.39 Å². The van der Waals surface area contributed by atoms with E-state index in [1.807, 2.05) is 0 Å². The second-order valence-corrected chi connectivity index (χ2v) is 6.93. The standard InChI is InChI=1S/C13H18FNO3S/c1-5-11(16)9-6-7-10(14)12(8-9)19(17,18)15-13(2,3)4/h6-8,15H,5H2,1-4H3. The van der Waals surface area contributed by atoms with Gasteiger partial charge in [0.1, 0.15) is 10.7 Å². The number of rotatable bonds is 4. The summed E-state index contributed by atoms with van der Waals surface area (Å²) >= 11 is 0. The number of ketones is 1. The molecule has 0 aliphatic rings. The highest BCUT2D eigenvalue weighted by Crippen LogP contribution is 2.19. The quantitative estimate of drug-likeness (QED) is 0.865. The van der Waals surface area contributed by atoms with Crippen molar-refractivity contribution in [1.82, 2.24) is 4.72 Å². The van der Waals surface area contributed by atoms with Gasteiger partial charge < -0.3 is 0 Å². The van der Waals surface area contributed by atoms with Gasteiger partial charge in [-0.05, 0) is 39.0 Å². The van der Waals surface area contributed by atoms with E-state index in [0.717, 1.165) is 12.1 Å². The summed E-state index contributed by atoms with van der Waals surface area (Å²) in [7, 11) is -3.99. The van der Waals surface area contributed by atoms with Gasteiger partial charge in [-0.1, -0.05) is 6.92 Å². The molecule has 0 spiro atoms. The lowest BCUT2D eigenvalue weighted by molar-refractivity contribution is 0.0988. The minimum atomic E-state index is -3.99. The van der Waals surface area contributed by atoms with Gasteiger partial charge in [0.2, 0.25) is 10.0 Å². The van der Waals surface area contributed by atoms with Gasteiger partial charge in [-0.3, -0.25) is 4.79 Å². The number of benzene rings is 1. The lowest BCUT2D eigenvalue weighted by atomic mass is 10.1. The Labute approximate surface area is 113 Å². The Bertz CT molecular complexity index is 588. The van der Waals surface area contributed by atoms with Gasteiger partial charge in [0.25, 0.3) is 0 Å². The van der Waals surface area contributed by atoms with E-state index in [1.165, 1.54) is 6.07 Å². The molecule has 1 aromatic rings. The first-order chi connectivity index (χ1) is 8.57. The molecule has 19 heavy (non-hydrogen) atoms. The Morgan fingerprint density at radius 3 is 2.37 bits per heavy atom. The molecular weight excluding hydrogens is 269 g/mol. The van der Waals surface area contributed by atoms with Crippen LogP contribution >= 0.6 is 0 Å². The fraction of sp³-hybridized carbons (Fsp3) is 0.462. The first-order valence-electron chi connectivity index (χ1n) is 5.93. The van der Waals surface area contributed by atoms with Crippen LogP contribution in [0.25, 0.3) is 0 Å². The van der Waals surface area contributed by atoms with Crippen LogP contribution in [-0.2, 0) is 10.0 Å². The van der Waals surface area contributed by atoms with E-state index in [0.29, 0.717) is 0 Å². The van der Waals surface area contributed by atoms with Crippen molar-refractivity contribution < 1.29 is 17.6 Å². The van der Waals surface area contributed by atoms with Gasteiger partial charge in [-0.2, -0.15) is 0 Å². The highest BCUT2D eigenvalue weighted by molar-refractivity contribution is 7.89. The van der Waals surface area contributed by atoms with Crippen LogP contribution in [0.15, 0.2) is 23.1 Å². The molecular formula is C13H18FNO3S. The molecule has 4 nitrogen and oxygen atoms in total. The Hall–Kier alpha value is -1.27. The number of carbonyl (C=O) groups is 1. The van der Waals surface area contributed by atoms with E-state index >= 15 is 0 Å². The third-order valence-electron chi connectivity index (χ3n) is 2.30. The molecule has 0 unspecified atom stereocenters. The average molecular weight is 287 g/mol. The molecule has 0 heterocycles. The molecule has 1 aromatic carbocycles. The van der Waals surface area contributed by atoms with E-state index in [-0.39, 0.29) is 17.8 Å².